The summed E-state index contributed by atoms with van der Waals surface area (Å²) in [5, 5.41) is 14.7. The number of aliphatic hydroxyl groups excluding tert-OH is 1. The standard InChI is InChI=1S/C11H22N2O2/c1-10(9-14)5-8-12-6-3-4-7-13-11(2)15/h5,12,14H,3-4,6-9H2,1-2H3,(H,13,15)/b10-5-. The molecule has 0 atom stereocenters. The SMILES string of the molecule is CC(=O)NCCCCNC/C=C(/C)CO. The van der Waals surface area contributed by atoms with Gasteiger partial charge < -0.3 is 15.7 Å². The van der Waals surface area contributed by atoms with Crippen LogP contribution in [0.1, 0.15) is 26.7 Å². The second-order valence-corrected chi connectivity index (χ2v) is 3.60. The molecule has 1 amide bonds. The van der Waals surface area contributed by atoms with E-state index in [1.165, 1.54) is 6.92 Å². The minimum Gasteiger partial charge on any atom is -0.392 e. The van der Waals surface area contributed by atoms with Crippen LogP contribution >= 0.6 is 0 Å². The quantitative estimate of drug-likeness (QED) is 0.405. The van der Waals surface area contributed by atoms with Crippen molar-refractivity contribution in [1.29, 1.82) is 0 Å². The smallest absolute Gasteiger partial charge is 0.216 e. The van der Waals surface area contributed by atoms with Gasteiger partial charge in [-0.05, 0) is 26.3 Å². The molecule has 4 heteroatoms. The van der Waals surface area contributed by atoms with Crippen molar-refractivity contribution in [1.82, 2.24) is 10.6 Å². The summed E-state index contributed by atoms with van der Waals surface area (Å²) >= 11 is 0. The molecule has 0 spiro atoms. The maximum Gasteiger partial charge on any atom is 0.216 e. The molecule has 0 heterocycles. The third-order valence-corrected chi connectivity index (χ3v) is 2.00. The summed E-state index contributed by atoms with van der Waals surface area (Å²) < 4.78 is 0. The summed E-state index contributed by atoms with van der Waals surface area (Å²) in [6.07, 6.45) is 4.02. The maximum absolute atomic E-state index is 10.5. The van der Waals surface area contributed by atoms with Crippen LogP contribution in [-0.2, 0) is 4.79 Å². The Morgan fingerprint density at radius 2 is 1.93 bits per heavy atom. The number of hydrogen-bond acceptors (Lipinski definition) is 3. The van der Waals surface area contributed by atoms with Crippen molar-refractivity contribution in [3.8, 4) is 0 Å². The molecule has 0 aliphatic heterocycles. The molecule has 4 nitrogen and oxygen atoms in total. The highest BCUT2D eigenvalue weighted by molar-refractivity contribution is 5.72. The normalized spacial score (nSPS) is 11.5. The lowest BCUT2D eigenvalue weighted by Gasteiger charge is -2.03. The van der Waals surface area contributed by atoms with Crippen LogP contribution in [0.3, 0.4) is 0 Å². The molecule has 0 aromatic heterocycles. The van der Waals surface area contributed by atoms with Crippen molar-refractivity contribution >= 4 is 5.91 Å². The first-order valence-electron chi connectivity index (χ1n) is 5.38. The van der Waals surface area contributed by atoms with Gasteiger partial charge in [-0.25, -0.2) is 0 Å². The number of rotatable bonds is 8. The van der Waals surface area contributed by atoms with Gasteiger partial charge >= 0.3 is 0 Å². The molecule has 0 aromatic carbocycles. The number of amides is 1. The molecule has 0 radical (unpaired) electrons. The molecule has 0 saturated carbocycles. The number of hydrogen-bond donors (Lipinski definition) is 3. The van der Waals surface area contributed by atoms with Gasteiger partial charge in [-0.1, -0.05) is 11.6 Å². The first-order chi connectivity index (χ1) is 7.16. The van der Waals surface area contributed by atoms with E-state index in [0.717, 1.165) is 38.0 Å². The fraction of sp³-hybridized carbons (Fsp3) is 0.727. The Morgan fingerprint density at radius 3 is 2.53 bits per heavy atom. The predicted octanol–water partition coefficient (Wildman–Crippen LogP) is 0.431. The van der Waals surface area contributed by atoms with E-state index in [2.05, 4.69) is 10.6 Å². The van der Waals surface area contributed by atoms with E-state index in [1.54, 1.807) is 0 Å². The van der Waals surface area contributed by atoms with Crippen molar-refractivity contribution in [3.63, 3.8) is 0 Å². The van der Waals surface area contributed by atoms with E-state index in [-0.39, 0.29) is 12.5 Å². The van der Waals surface area contributed by atoms with E-state index < -0.39 is 0 Å². The summed E-state index contributed by atoms with van der Waals surface area (Å²) in [7, 11) is 0. The second kappa shape index (κ2) is 9.68. The Labute approximate surface area is 91.8 Å². The van der Waals surface area contributed by atoms with E-state index in [0.29, 0.717) is 0 Å². The third-order valence-electron chi connectivity index (χ3n) is 2.00. The van der Waals surface area contributed by atoms with E-state index in [4.69, 9.17) is 5.11 Å². The Bertz CT molecular complexity index is 203. The highest BCUT2D eigenvalue weighted by atomic mass is 16.3. The highest BCUT2D eigenvalue weighted by Gasteiger charge is 1.91. The van der Waals surface area contributed by atoms with Crippen molar-refractivity contribution < 1.29 is 9.90 Å². The molecule has 15 heavy (non-hydrogen) atoms. The van der Waals surface area contributed by atoms with Gasteiger partial charge in [0.15, 0.2) is 0 Å². The zero-order valence-electron chi connectivity index (χ0n) is 9.68. The van der Waals surface area contributed by atoms with Gasteiger partial charge in [-0.15, -0.1) is 0 Å². The molecule has 0 fully saturated rings. The van der Waals surface area contributed by atoms with Crippen LogP contribution in [0.5, 0.6) is 0 Å². The Morgan fingerprint density at radius 1 is 1.27 bits per heavy atom. The van der Waals surface area contributed by atoms with Gasteiger partial charge in [0.25, 0.3) is 0 Å². The molecule has 3 N–H and O–H groups in total. The lowest BCUT2D eigenvalue weighted by Crippen LogP contribution is -2.22. The fourth-order valence-corrected chi connectivity index (χ4v) is 1.05. The Hall–Kier alpha value is -0.870. The number of carbonyl (C=O) groups excluding carboxylic acids is 1. The highest BCUT2D eigenvalue weighted by Crippen LogP contribution is 1.88. The monoisotopic (exact) mass is 214 g/mol. The van der Waals surface area contributed by atoms with Crippen molar-refractivity contribution in [3.05, 3.63) is 11.6 Å². The zero-order valence-corrected chi connectivity index (χ0v) is 9.68. The van der Waals surface area contributed by atoms with E-state index in [1.807, 2.05) is 13.0 Å². The van der Waals surface area contributed by atoms with Crippen LogP contribution < -0.4 is 10.6 Å². The maximum atomic E-state index is 10.5. The minimum absolute atomic E-state index is 0.0319. The summed E-state index contributed by atoms with van der Waals surface area (Å²) in [4.78, 5) is 10.5. The van der Waals surface area contributed by atoms with Gasteiger partial charge in [0.1, 0.15) is 0 Å². The van der Waals surface area contributed by atoms with Crippen LogP contribution in [0.15, 0.2) is 11.6 Å². The fourth-order valence-electron chi connectivity index (χ4n) is 1.05. The van der Waals surface area contributed by atoms with E-state index in [9.17, 15) is 4.79 Å². The summed E-state index contributed by atoms with van der Waals surface area (Å²) in [5.74, 6) is 0.0319. The Kier molecular flexibility index (Phi) is 9.11. The molecule has 0 aliphatic rings. The van der Waals surface area contributed by atoms with Crippen LogP contribution in [0, 0.1) is 0 Å². The number of aliphatic hydroxyl groups is 1. The van der Waals surface area contributed by atoms with Gasteiger partial charge in [-0.3, -0.25) is 4.79 Å². The average Bonchev–Trinajstić information content (AvgIpc) is 2.21. The molecular weight excluding hydrogens is 192 g/mol. The van der Waals surface area contributed by atoms with Crippen LogP contribution in [0.25, 0.3) is 0 Å². The third kappa shape index (κ3) is 11.1. The predicted molar refractivity (Wildman–Crippen MR) is 61.6 cm³/mol. The molecule has 0 bridgehead atoms. The molecule has 88 valence electrons. The molecule has 0 aromatic rings. The van der Waals surface area contributed by atoms with Crippen LogP contribution in [-0.4, -0.2) is 37.3 Å². The lowest BCUT2D eigenvalue weighted by atomic mass is 10.3. The van der Waals surface area contributed by atoms with Gasteiger partial charge in [0, 0.05) is 20.0 Å². The molecular formula is C11H22N2O2. The molecule has 0 rings (SSSR count). The largest absolute Gasteiger partial charge is 0.392 e. The minimum atomic E-state index is 0.0319. The lowest BCUT2D eigenvalue weighted by molar-refractivity contribution is -0.118. The first kappa shape index (κ1) is 14.1. The topological polar surface area (TPSA) is 61.4 Å². The molecule has 0 saturated heterocycles. The van der Waals surface area contributed by atoms with Gasteiger partial charge in [0.05, 0.1) is 6.61 Å². The van der Waals surface area contributed by atoms with Crippen molar-refractivity contribution in [2.45, 2.75) is 26.7 Å². The summed E-state index contributed by atoms with van der Waals surface area (Å²) in [5.41, 5.74) is 0.987. The van der Waals surface area contributed by atoms with Crippen LogP contribution in [0.4, 0.5) is 0 Å². The number of unbranched alkanes of at least 4 members (excludes halogenated alkanes) is 1. The average molecular weight is 214 g/mol. The summed E-state index contributed by atoms with van der Waals surface area (Å²) in [6, 6.07) is 0. The van der Waals surface area contributed by atoms with Crippen molar-refractivity contribution in [2.24, 2.45) is 0 Å². The number of nitrogens with one attached hydrogen (secondary N) is 2. The summed E-state index contributed by atoms with van der Waals surface area (Å²) in [6.45, 7) is 6.05. The van der Waals surface area contributed by atoms with Crippen molar-refractivity contribution in [2.75, 3.05) is 26.2 Å². The number of carbonyl (C=O) groups is 1. The van der Waals surface area contributed by atoms with Crippen LogP contribution in [0.2, 0.25) is 0 Å². The van der Waals surface area contributed by atoms with Gasteiger partial charge in [-0.2, -0.15) is 0 Å². The van der Waals surface area contributed by atoms with Gasteiger partial charge in [0.2, 0.25) is 5.91 Å². The molecule has 0 aliphatic carbocycles. The zero-order chi connectivity index (χ0) is 11.5. The first-order valence-corrected chi connectivity index (χ1v) is 5.38. The Balaban J connectivity index is 3.15. The molecule has 0 unspecified atom stereocenters. The van der Waals surface area contributed by atoms with E-state index >= 15 is 0 Å². The second-order valence-electron chi connectivity index (χ2n) is 3.60.